The van der Waals surface area contributed by atoms with E-state index in [1.165, 1.54) is 11.0 Å². The van der Waals surface area contributed by atoms with Gasteiger partial charge >= 0.3 is 6.18 Å². The van der Waals surface area contributed by atoms with Gasteiger partial charge in [-0.1, -0.05) is 34.1 Å². The third-order valence-electron chi connectivity index (χ3n) is 5.52. The Kier molecular flexibility index (Phi) is 10.4. The van der Waals surface area contributed by atoms with Crippen LogP contribution in [-0.2, 0) is 32.3 Å². The molecule has 0 saturated carbocycles. The van der Waals surface area contributed by atoms with Gasteiger partial charge in [0.25, 0.3) is 0 Å². The molecule has 210 valence electrons. The second-order valence-corrected chi connectivity index (χ2v) is 12.9. The van der Waals surface area contributed by atoms with Gasteiger partial charge in [-0.15, -0.1) is 0 Å². The molecule has 0 aliphatic heterocycles. The summed E-state index contributed by atoms with van der Waals surface area (Å²) in [6.07, 6.45) is -3.82. The van der Waals surface area contributed by atoms with Gasteiger partial charge in [0, 0.05) is 29.5 Å². The lowest BCUT2D eigenvalue weighted by Crippen LogP contribution is -2.52. The molecule has 0 saturated heterocycles. The fourth-order valence-electron chi connectivity index (χ4n) is 3.73. The molecule has 0 spiro atoms. The summed E-state index contributed by atoms with van der Waals surface area (Å²) in [5, 5.41) is 2.86. The molecular formula is C26H33BrF3N3O4S. The zero-order valence-corrected chi connectivity index (χ0v) is 24.4. The molecule has 2 aromatic rings. The molecule has 1 atom stereocenters. The topological polar surface area (TPSA) is 86.8 Å². The molecule has 2 aromatic carbocycles. The minimum atomic E-state index is -4.63. The van der Waals surface area contributed by atoms with Crippen LogP contribution in [0.3, 0.4) is 0 Å². The van der Waals surface area contributed by atoms with Crippen molar-refractivity contribution < 1.29 is 31.2 Å². The number of benzene rings is 2. The van der Waals surface area contributed by atoms with Crippen molar-refractivity contribution in [1.82, 2.24) is 10.2 Å². The summed E-state index contributed by atoms with van der Waals surface area (Å²) in [4.78, 5) is 27.6. The predicted octanol–water partition coefficient (Wildman–Crippen LogP) is 5.35. The molecule has 0 unspecified atom stereocenters. The lowest BCUT2D eigenvalue weighted by Gasteiger charge is -2.32. The Bertz CT molecular complexity index is 1250. The summed E-state index contributed by atoms with van der Waals surface area (Å²) in [6, 6.07) is 10.5. The average Bonchev–Trinajstić information content (AvgIpc) is 2.77. The Morgan fingerprint density at radius 2 is 1.68 bits per heavy atom. The van der Waals surface area contributed by atoms with Crippen LogP contribution >= 0.6 is 15.9 Å². The molecule has 2 rings (SSSR count). The normalized spacial score (nSPS) is 13.1. The van der Waals surface area contributed by atoms with Crippen molar-refractivity contribution in [3.05, 3.63) is 64.1 Å². The van der Waals surface area contributed by atoms with Crippen LogP contribution in [0.5, 0.6) is 0 Å². The highest BCUT2D eigenvalue weighted by atomic mass is 79.9. The maximum Gasteiger partial charge on any atom is 0.416 e. The first-order valence-corrected chi connectivity index (χ1v) is 14.5. The van der Waals surface area contributed by atoms with Crippen molar-refractivity contribution in [3.63, 3.8) is 0 Å². The van der Waals surface area contributed by atoms with Crippen molar-refractivity contribution >= 4 is 43.5 Å². The second-order valence-electron chi connectivity index (χ2n) is 10.1. The van der Waals surface area contributed by atoms with Gasteiger partial charge in [0.1, 0.15) is 6.04 Å². The minimum absolute atomic E-state index is 0.0325. The van der Waals surface area contributed by atoms with Crippen molar-refractivity contribution in [2.75, 3.05) is 17.1 Å². The Hall–Kier alpha value is -2.60. The number of sulfonamides is 1. The van der Waals surface area contributed by atoms with Crippen LogP contribution in [0, 0.1) is 0 Å². The van der Waals surface area contributed by atoms with Crippen LogP contribution in [0.1, 0.15) is 51.7 Å². The molecule has 0 aromatic heterocycles. The van der Waals surface area contributed by atoms with E-state index in [0.29, 0.717) is 0 Å². The smallest absolute Gasteiger partial charge is 0.350 e. The van der Waals surface area contributed by atoms with E-state index in [0.717, 1.165) is 38.8 Å². The number of hydrogen-bond acceptors (Lipinski definition) is 4. The highest BCUT2D eigenvalue weighted by Crippen LogP contribution is 2.32. The van der Waals surface area contributed by atoms with Crippen LogP contribution < -0.4 is 9.62 Å². The maximum absolute atomic E-state index is 13.3. The number of anilines is 1. The monoisotopic (exact) mass is 619 g/mol. The average molecular weight is 621 g/mol. The first-order chi connectivity index (χ1) is 17.4. The molecule has 2 amide bonds. The minimum Gasteiger partial charge on any atom is -0.350 e. The molecule has 7 nitrogen and oxygen atoms in total. The number of carbonyl (C=O) groups excluding carboxylic acids is 2. The van der Waals surface area contributed by atoms with Crippen molar-refractivity contribution in [1.29, 1.82) is 0 Å². The zero-order valence-electron chi connectivity index (χ0n) is 22.0. The van der Waals surface area contributed by atoms with Crippen molar-refractivity contribution in [3.8, 4) is 0 Å². The molecule has 0 fully saturated rings. The van der Waals surface area contributed by atoms with Gasteiger partial charge in [-0.25, -0.2) is 8.42 Å². The predicted molar refractivity (Wildman–Crippen MR) is 145 cm³/mol. The Morgan fingerprint density at radius 3 is 2.24 bits per heavy atom. The standard InChI is InChI=1S/C26H33BrF3N3O4S/c1-18(24(35)31-25(2,3)4)32(17-19-9-6-11-21(27)15-19)23(34)13-8-14-33(38(5,36)37)22-12-7-10-20(16-22)26(28,29)30/h6-7,9-12,15-16,18H,8,13-14,17H2,1-5H3,(H,31,35)/t18-/m0/s1. The van der Waals surface area contributed by atoms with E-state index < -0.39 is 33.3 Å². The Morgan fingerprint density at radius 1 is 1.05 bits per heavy atom. The largest absolute Gasteiger partial charge is 0.416 e. The molecule has 0 bridgehead atoms. The van der Waals surface area contributed by atoms with Gasteiger partial charge in [0.2, 0.25) is 21.8 Å². The lowest BCUT2D eigenvalue weighted by atomic mass is 10.1. The van der Waals surface area contributed by atoms with Gasteiger partial charge in [-0.3, -0.25) is 13.9 Å². The van der Waals surface area contributed by atoms with Crippen LogP contribution in [0.25, 0.3) is 0 Å². The summed E-state index contributed by atoms with van der Waals surface area (Å²) in [7, 11) is -3.93. The van der Waals surface area contributed by atoms with Crippen molar-refractivity contribution in [2.24, 2.45) is 0 Å². The van der Waals surface area contributed by atoms with E-state index in [-0.39, 0.29) is 43.4 Å². The van der Waals surface area contributed by atoms with Gasteiger partial charge in [0.05, 0.1) is 17.5 Å². The van der Waals surface area contributed by atoms with Crippen LogP contribution in [0.2, 0.25) is 0 Å². The quantitative estimate of drug-likeness (QED) is 0.389. The summed E-state index contributed by atoms with van der Waals surface area (Å²) in [6.45, 7) is 7.02. The molecule has 1 N–H and O–H groups in total. The highest BCUT2D eigenvalue weighted by molar-refractivity contribution is 9.10. The summed E-state index contributed by atoms with van der Waals surface area (Å²) in [5.74, 6) is -0.735. The van der Waals surface area contributed by atoms with Crippen LogP contribution in [0.15, 0.2) is 53.0 Å². The first kappa shape index (κ1) is 31.6. The van der Waals surface area contributed by atoms with E-state index in [4.69, 9.17) is 0 Å². The Balaban J connectivity index is 2.24. The molecule has 38 heavy (non-hydrogen) atoms. The lowest BCUT2D eigenvalue weighted by molar-refractivity contribution is -0.141. The van der Waals surface area contributed by atoms with Crippen LogP contribution in [-0.4, -0.2) is 49.5 Å². The van der Waals surface area contributed by atoms with Crippen LogP contribution in [0.4, 0.5) is 18.9 Å². The molecule has 0 aliphatic rings. The van der Waals surface area contributed by atoms with Gasteiger partial charge in [-0.05, 0) is 70.0 Å². The number of halogens is 4. The van der Waals surface area contributed by atoms with Gasteiger partial charge < -0.3 is 10.2 Å². The van der Waals surface area contributed by atoms with E-state index >= 15 is 0 Å². The Labute approximate surface area is 230 Å². The summed E-state index contributed by atoms with van der Waals surface area (Å²) in [5.41, 5.74) is -0.848. The van der Waals surface area contributed by atoms with E-state index in [1.807, 2.05) is 39.0 Å². The number of nitrogens with one attached hydrogen (secondary N) is 1. The third kappa shape index (κ3) is 9.61. The number of nitrogens with zero attached hydrogens (tertiary/aromatic N) is 2. The van der Waals surface area contributed by atoms with E-state index in [9.17, 15) is 31.2 Å². The first-order valence-electron chi connectivity index (χ1n) is 11.9. The second kappa shape index (κ2) is 12.5. The van der Waals surface area contributed by atoms with Crippen molar-refractivity contribution in [2.45, 2.75) is 64.8 Å². The van der Waals surface area contributed by atoms with Gasteiger partial charge in [-0.2, -0.15) is 13.2 Å². The molecule has 12 heteroatoms. The van der Waals surface area contributed by atoms with E-state index in [1.54, 1.807) is 13.0 Å². The molecule has 0 aliphatic carbocycles. The highest BCUT2D eigenvalue weighted by Gasteiger charge is 2.32. The number of amides is 2. The third-order valence-corrected chi connectivity index (χ3v) is 7.21. The van der Waals surface area contributed by atoms with E-state index in [2.05, 4.69) is 21.2 Å². The summed E-state index contributed by atoms with van der Waals surface area (Å²) >= 11 is 3.40. The number of carbonyl (C=O) groups is 2. The molecule has 0 radical (unpaired) electrons. The summed E-state index contributed by atoms with van der Waals surface area (Å²) < 4.78 is 66.0. The molecular weight excluding hydrogens is 587 g/mol. The van der Waals surface area contributed by atoms with Gasteiger partial charge in [0.15, 0.2) is 0 Å². The SMILES string of the molecule is C[C@@H](C(=O)NC(C)(C)C)N(Cc1cccc(Br)c1)C(=O)CCCN(c1cccc(C(F)(F)F)c1)S(C)(=O)=O. The number of rotatable bonds is 10. The molecule has 0 heterocycles. The maximum atomic E-state index is 13.3. The zero-order chi connectivity index (χ0) is 28.9. The number of alkyl halides is 3. The fourth-order valence-corrected chi connectivity index (χ4v) is 5.13. The number of hydrogen-bond donors (Lipinski definition) is 1. The fraction of sp³-hybridized carbons (Fsp3) is 0.462.